The molecular formula is C22H36N4O4S. The Morgan fingerprint density at radius 1 is 1.13 bits per heavy atom. The van der Waals surface area contributed by atoms with E-state index in [-0.39, 0.29) is 23.8 Å². The second-order valence-electron chi connectivity index (χ2n) is 8.34. The molecule has 174 valence electrons. The minimum Gasteiger partial charge on any atom is -0.497 e. The van der Waals surface area contributed by atoms with Gasteiger partial charge in [-0.05, 0) is 50.6 Å². The van der Waals surface area contributed by atoms with Crippen molar-refractivity contribution in [3.8, 4) is 5.75 Å². The summed E-state index contributed by atoms with van der Waals surface area (Å²) in [5.41, 5.74) is 0. The van der Waals surface area contributed by atoms with Crippen LogP contribution in [0.3, 0.4) is 0 Å². The van der Waals surface area contributed by atoms with Gasteiger partial charge in [-0.25, -0.2) is 8.42 Å². The molecule has 2 aliphatic rings. The molecule has 1 N–H and O–H groups in total. The van der Waals surface area contributed by atoms with Crippen LogP contribution in [0, 0.1) is 0 Å². The summed E-state index contributed by atoms with van der Waals surface area (Å²) in [7, 11) is -2.15. The predicted octanol–water partition coefficient (Wildman–Crippen LogP) is 1.38. The van der Waals surface area contributed by atoms with E-state index in [4.69, 9.17) is 4.74 Å². The number of hydrogen-bond acceptors (Lipinski definition) is 6. The number of nitrogens with one attached hydrogen (secondary N) is 1. The Balaban J connectivity index is 1.70. The summed E-state index contributed by atoms with van der Waals surface area (Å²) in [6, 6.07) is 6.92. The van der Waals surface area contributed by atoms with E-state index in [0.29, 0.717) is 38.0 Å². The molecule has 0 radical (unpaired) electrons. The average molecular weight is 453 g/mol. The van der Waals surface area contributed by atoms with Gasteiger partial charge in [0, 0.05) is 58.3 Å². The fraction of sp³-hybridized carbons (Fsp3) is 0.682. The number of carbonyl (C=O) groups excluding carboxylic acids is 1. The lowest BCUT2D eigenvalue weighted by molar-refractivity contribution is -0.131. The summed E-state index contributed by atoms with van der Waals surface area (Å²) in [6.45, 7) is 7.38. The number of nitrogens with zero attached hydrogens (tertiary/aromatic N) is 3. The molecule has 31 heavy (non-hydrogen) atoms. The van der Waals surface area contributed by atoms with Gasteiger partial charge in [-0.1, -0.05) is 6.42 Å². The maximum Gasteiger partial charge on any atom is 0.243 e. The highest BCUT2D eigenvalue weighted by molar-refractivity contribution is 7.89. The van der Waals surface area contributed by atoms with Crippen LogP contribution >= 0.6 is 0 Å². The second-order valence-corrected chi connectivity index (χ2v) is 10.3. The standard InChI is InChI=1S/C22H36N4O4S/c1-19-5-3-4-13-24(19)17-18-26(14-10-22(27)25-15-11-23-12-16-25)31(28,29)21-8-6-20(30-2)7-9-21/h6-9,19,23H,3-5,10-18H2,1-2H3/t19-/m0/s1. The van der Waals surface area contributed by atoms with E-state index in [9.17, 15) is 13.2 Å². The van der Waals surface area contributed by atoms with Crippen LogP contribution in [0.2, 0.25) is 0 Å². The van der Waals surface area contributed by atoms with Gasteiger partial charge in [-0.15, -0.1) is 0 Å². The van der Waals surface area contributed by atoms with Crippen LogP contribution in [0.1, 0.15) is 32.6 Å². The summed E-state index contributed by atoms with van der Waals surface area (Å²) < 4.78 is 33.5. The molecule has 2 saturated heterocycles. The third-order valence-electron chi connectivity index (χ3n) is 6.32. The van der Waals surface area contributed by atoms with Crippen molar-refractivity contribution in [2.45, 2.75) is 43.5 Å². The SMILES string of the molecule is COc1ccc(S(=O)(=O)N(CCC(=O)N2CCNCC2)CCN2CCCC[C@@H]2C)cc1. The fourth-order valence-corrected chi connectivity index (χ4v) is 5.70. The molecule has 0 aromatic heterocycles. The molecule has 1 aromatic carbocycles. The molecule has 0 unspecified atom stereocenters. The second kappa shape index (κ2) is 11.3. The monoisotopic (exact) mass is 452 g/mol. The molecule has 0 saturated carbocycles. The summed E-state index contributed by atoms with van der Waals surface area (Å²) in [5.74, 6) is 0.629. The van der Waals surface area contributed by atoms with E-state index >= 15 is 0 Å². The first-order valence-corrected chi connectivity index (χ1v) is 12.7. The van der Waals surface area contributed by atoms with Gasteiger partial charge < -0.3 is 15.0 Å². The Morgan fingerprint density at radius 2 is 1.84 bits per heavy atom. The minimum absolute atomic E-state index is 0.0165. The number of carbonyl (C=O) groups is 1. The molecule has 8 nitrogen and oxygen atoms in total. The lowest BCUT2D eigenvalue weighted by Gasteiger charge is -2.35. The van der Waals surface area contributed by atoms with Gasteiger partial charge in [0.2, 0.25) is 15.9 Å². The molecule has 0 aliphatic carbocycles. The number of sulfonamides is 1. The number of rotatable bonds is 9. The molecule has 1 atom stereocenters. The zero-order chi connectivity index (χ0) is 22.3. The first-order chi connectivity index (χ1) is 14.9. The number of methoxy groups -OCH3 is 1. The summed E-state index contributed by atoms with van der Waals surface area (Å²) in [6.07, 6.45) is 3.72. The van der Waals surface area contributed by atoms with E-state index in [1.807, 2.05) is 4.90 Å². The third-order valence-corrected chi connectivity index (χ3v) is 8.23. The van der Waals surface area contributed by atoms with Gasteiger partial charge in [-0.3, -0.25) is 9.69 Å². The maximum absolute atomic E-state index is 13.4. The van der Waals surface area contributed by atoms with E-state index in [0.717, 1.165) is 32.5 Å². The van der Waals surface area contributed by atoms with Crippen molar-refractivity contribution in [2.75, 3.05) is 59.5 Å². The van der Waals surface area contributed by atoms with Crippen LogP contribution in [0.15, 0.2) is 29.2 Å². The topological polar surface area (TPSA) is 82.2 Å². The zero-order valence-electron chi connectivity index (χ0n) is 18.8. The normalized spacial score (nSPS) is 20.7. The Bertz CT molecular complexity index is 809. The number of piperidine rings is 1. The molecular weight excluding hydrogens is 416 g/mol. The molecule has 3 rings (SSSR count). The van der Waals surface area contributed by atoms with Crippen molar-refractivity contribution in [1.82, 2.24) is 19.4 Å². The Kier molecular flexibility index (Phi) is 8.71. The van der Waals surface area contributed by atoms with E-state index in [1.165, 1.54) is 10.7 Å². The van der Waals surface area contributed by atoms with E-state index in [1.54, 1.807) is 31.4 Å². The molecule has 9 heteroatoms. The van der Waals surface area contributed by atoms with E-state index < -0.39 is 10.0 Å². The minimum atomic E-state index is -3.70. The van der Waals surface area contributed by atoms with Crippen molar-refractivity contribution >= 4 is 15.9 Å². The largest absolute Gasteiger partial charge is 0.497 e. The summed E-state index contributed by atoms with van der Waals surface area (Å²) >= 11 is 0. The first-order valence-electron chi connectivity index (χ1n) is 11.3. The van der Waals surface area contributed by atoms with Crippen LogP contribution in [0.5, 0.6) is 5.75 Å². The zero-order valence-corrected chi connectivity index (χ0v) is 19.6. The number of amides is 1. The van der Waals surface area contributed by atoms with Crippen molar-refractivity contribution in [1.29, 1.82) is 0 Å². The third kappa shape index (κ3) is 6.41. The Labute approximate surface area is 186 Å². The molecule has 1 aromatic rings. The molecule has 0 spiro atoms. The summed E-state index contributed by atoms with van der Waals surface area (Å²) in [5, 5.41) is 3.23. The molecule has 2 fully saturated rings. The number of ether oxygens (including phenoxy) is 1. The van der Waals surface area contributed by atoms with Gasteiger partial charge in [0.15, 0.2) is 0 Å². The van der Waals surface area contributed by atoms with Crippen LogP contribution in [0.25, 0.3) is 0 Å². The first kappa shape index (κ1) is 24.0. The van der Waals surface area contributed by atoms with E-state index in [2.05, 4.69) is 17.1 Å². The van der Waals surface area contributed by atoms with Gasteiger partial charge in [0.1, 0.15) is 5.75 Å². The average Bonchev–Trinajstić information content (AvgIpc) is 2.80. The van der Waals surface area contributed by atoms with Gasteiger partial charge in [0.25, 0.3) is 0 Å². The van der Waals surface area contributed by atoms with Gasteiger partial charge >= 0.3 is 0 Å². The van der Waals surface area contributed by atoms with Crippen LogP contribution in [-0.2, 0) is 14.8 Å². The van der Waals surface area contributed by atoms with Crippen molar-refractivity contribution in [2.24, 2.45) is 0 Å². The fourth-order valence-electron chi connectivity index (χ4n) is 4.27. The van der Waals surface area contributed by atoms with Crippen LogP contribution < -0.4 is 10.1 Å². The van der Waals surface area contributed by atoms with Crippen LogP contribution in [0.4, 0.5) is 0 Å². The van der Waals surface area contributed by atoms with Crippen molar-refractivity contribution < 1.29 is 17.9 Å². The summed E-state index contributed by atoms with van der Waals surface area (Å²) in [4.78, 5) is 17.1. The lowest BCUT2D eigenvalue weighted by atomic mass is 10.0. The molecule has 2 heterocycles. The Morgan fingerprint density at radius 3 is 2.48 bits per heavy atom. The van der Waals surface area contributed by atoms with Crippen molar-refractivity contribution in [3.63, 3.8) is 0 Å². The quantitative estimate of drug-likeness (QED) is 0.610. The number of benzene rings is 1. The molecule has 0 bridgehead atoms. The molecule has 2 aliphatic heterocycles. The van der Waals surface area contributed by atoms with Crippen LogP contribution in [-0.4, -0.2) is 93.9 Å². The predicted molar refractivity (Wildman–Crippen MR) is 121 cm³/mol. The highest BCUT2D eigenvalue weighted by Gasteiger charge is 2.28. The maximum atomic E-state index is 13.4. The molecule has 1 amide bonds. The number of likely N-dealkylation sites (tertiary alicyclic amines) is 1. The number of hydrogen-bond donors (Lipinski definition) is 1. The van der Waals surface area contributed by atoms with Gasteiger partial charge in [-0.2, -0.15) is 4.31 Å². The highest BCUT2D eigenvalue weighted by Crippen LogP contribution is 2.21. The number of piperazine rings is 1. The van der Waals surface area contributed by atoms with Gasteiger partial charge in [0.05, 0.1) is 12.0 Å². The lowest BCUT2D eigenvalue weighted by Crippen LogP contribution is -2.48. The van der Waals surface area contributed by atoms with Crippen molar-refractivity contribution in [3.05, 3.63) is 24.3 Å². The Hall–Kier alpha value is -1.68. The highest BCUT2D eigenvalue weighted by atomic mass is 32.2. The smallest absolute Gasteiger partial charge is 0.243 e.